The Kier molecular flexibility index (Phi) is 4.88. The molecule has 1 atom stereocenters. The van der Waals surface area contributed by atoms with Gasteiger partial charge in [0.2, 0.25) is 5.03 Å². The standard InChI is InChI=1S/C10H14BrN3O4S/c1-5-6(2)13-19(16,17)9-7(11)8(10(15)18-4)14(3)12-9/h5-6,13H,1H2,2-4H3. The van der Waals surface area contributed by atoms with E-state index in [0.717, 1.165) is 4.68 Å². The number of sulfonamides is 1. The van der Waals surface area contributed by atoms with Crippen LogP contribution in [0.4, 0.5) is 0 Å². The number of ether oxygens (including phenoxy) is 1. The molecule has 0 spiro atoms. The van der Waals surface area contributed by atoms with E-state index < -0.39 is 22.0 Å². The van der Waals surface area contributed by atoms with E-state index in [1.807, 2.05) is 0 Å². The first-order valence-corrected chi connectivity index (χ1v) is 7.48. The zero-order chi connectivity index (χ0) is 14.8. The van der Waals surface area contributed by atoms with Gasteiger partial charge in [0, 0.05) is 13.1 Å². The Hall–Kier alpha value is -1.19. The Bertz CT molecular complexity index is 609. The molecule has 7 nitrogen and oxygen atoms in total. The van der Waals surface area contributed by atoms with Crippen molar-refractivity contribution in [1.82, 2.24) is 14.5 Å². The highest BCUT2D eigenvalue weighted by Gasteiger charge is 2.29. The number of rotatable bonds is 5. The van der Waals surface area contributed by atoms with Gasteiger partial charge in [0.15, 0.2) is 5.69 Å². The maximum absolute atomic E-state index is 12.1. The van der Waals surface area contributed by atoms with E-state index in [9.17, 15) is 13.2 Å². The lowest BCUT2D eigenvalue weighted by atomic mass is 10.4. The predicted molar refractivity (Wildman–Crippen MR) is 72.2 cm³/mol. The number of nitrogens with one attached hydrogen (secondary N) is 1. The van der Waals surface area contributed by atoms with Crippen molar-refractivity contribution in [3.8, 4) is 0 Å². The number of methoxy groups -OCH3 is 1. The zero-order valence-electron chi connectivity index (χ0n) is 10.7. The third-order valence-corrected chi connectivity index (χ3v) is 4.78. The molecule has 0 saturated heterocycles. The van der Waals surface area contributed by atoms with Gasteiger partial charge in [0.25, 0.3) is 10.0 Å². The van der Waals surface area contributed by atoms with Crippen LogP contribution < -0.4 is 4.72 Å². The number of aromatic nitrogens is 2. The van der Waals surface area contributed by atoms with Gasteiger partial charge in [0.05, 0.1) is 11.6 Å². The van der Waals surface area contributed by atoms with Gasteiger partial charge in [-0.3, -0.25) is 4.68 Å². The number of esters is 1. The van der Waals surface area contributed by atoms with Crippen molar-refractivity contribution in [3.05, 3.63) is 22.8 Å². The van der Waals surface area contributed by atoms with Gasteiger partial charge in [-0.1, -0.05) is 6.08 Å². The minimum absolute atomic E-state index is 0.0223. The number of aryl methyl sites for hydroxylation is 1. The van der Waals surface area contributed by atoms with Crippen molar-refractivity contribution >= 4 is 31.9 Å². The summed E-state index contributed by atoms with van der Waals surface area (Å²) in [7, 11) is -1.20. The molecule has 0 aromatic carbocycles. The van der Waals surface area contributed by atoms with Crippen molar-refractivity contribution in [3.63, 3.8) is 0 Å². The lowest BCUT2D eigenvalue weighted by Crippen LogP contribution is -2.31. The third-order valence-electron chi connectivity index (χ3n) is 2.29. The highest BCUT2D eigenvalue weighted by atomic mass is 79.9. The first-order valence-electron chi connectivity index (χ1n) is 5.20. The molecule has 0 fully saturated rings. The Morgan fingerprint density at radius 1 is 1.63 bits per heavy atom. The summed E-state index contributed by atoms with van der Waals surface area (Å²) in [5.74, 6) is -0.680. The number of carbonyl (C=O) groups is 1. The molecule has 9 heteroatoms. The fourth-order valence-electron chi connectivity index (χ4n) is 1.31. The molecule has 1 N–H and O–H groups in total. The Labute approximate surface area is 119 Å². The second kappa shape index (κ2) is 5.85. The van der Waals surface area contributed by atoms with Gasteiger partial charge in [-0.05, 0) is 22.9 Å². The third kappa shape index (κ3) is 3.23. The van der Waals surface area contributed by atoms with Gasteiger partial charge in [0.1, 0.15) is 0 Å². The molecule has 1 unspecified atom stereocenters. The van der Waals surface area contributed by atoms with Gasteiger partial charge in [-0.15, -0.1) is 6.58 Å². The van der Waals surface area contributed by atoms with E-state index in [0.29, 0.717) is 0 Å². The maximum atomic E-state index is 12.1. The summed E-state index contributed by atoms with van der Waals surface area (Å²) in [5, 5.41) is 3.55. The molecular weight excluding hydrogens is 338 g/mol. The molecule has 1 rings (SSSR count). The second-order valence-electron chi connectivity index (χ2n) is 3.73. The fraction of sp³-hybridized carbons (Fsp3) is 0.400. The van der Waals surface area contributed by atoms with Crippen molar-refractivity contribution < 1.29 is 17.9 Å². The van der Waals surface area contributed by atoms with Crippen molar-refractivity contribution in [2.24, 2.45) is 7.05 Å². The topological polar surface area (TPSA) is 90.3 Å². The molecule has 0 bridgehead atoms. The molecule has 1 aromatic rings. The predicted octanol–water partition coefficient (Wildman–Crippen LogP) is 0.822. The first kappa shape index (κ1) is 15.9. The number of hydrogen-bond donors (Lipinski definition) is 1. The molecule has 106 valence electrons. The average Bonchev–Trinajstić information content (AvgIpc) is 2.64. The van der Waals surface area contributed by atoms with Gasteiger partial charge in [-0.2, -0.15) is 5.10 Å². The molecule has 1 aromatic heterocycles. The molecule has 0 saturated carbocycles. The molecule has 19 heavy (non-hydrogen) atoms. The van der Waals surface area contributed by atoms with Crippen LogP contribution in [0.2, 0.25) is 0 Å². The second-order valence-corrected chi connectivity index (χ2v) is 6.15. The molecule has 1 heterocycles. The van der Waals surface area contributed by atoms with Gasteiger partial charge >= 0.3 is 5.97 Å². The van der Waals surface area contributed by atoms with Crippen molar-refractivity contribution in [1.29, 1.82) is 0 Å². The normalized spacial score (nSPS) is 13.1. The minimum atomic E-state index is -3.85. The Balaban J connectivity index is 3.30. The molecule has 0 amide bonds. The van der Waals surface area contributed by atoms with Crippen LogP contribution in [-0.4, -0.2) is 37.3 Å². The van der Waals surface area contributed by atoms with E-state index in [1.54, 1.807) is 6.92 Å². The van der Waals surface area contributed by atoms with Gasteiger partial charge in [-0.25, -0.2) is 17.9 Å². The molecule has 0 aliphatic rings. The van der Waals surface area contributed by atoms with Crippen LogP contribution >= 0.6 is 15.9 Å². The van der Waals surface area contributed by atoms with Crippen LogP contribution in [0.15, 0.2) is 22.2 Å². The van der Waals surface area contributed by atoms with Crippen molar-refractivity contribution in [2.75, 3.05) is 7.11 Å². The molecular formula is C10H14BrN3O4S. The maximum Gasteiger partial charge on any atom is 0.357 e. The summed E-state index contributed by atoms with van der Waals surface area (Å²) in [5.41, 5.74) is 0.0223. The van der Waals surface area contributed by atoms with E-state index in [2.05, 4.69) is 37.1 Å². The van der Waals surface area contributed by atoms with E-state index in [-0.39, 0.29) is 15.2 Å². The smallest absolute Gasteiger partial charge is 0.357 e. The fourth-order valence-corrected chi connectivity index (χ4v) is 3.71. The zero-order valence-corrected chi connectivity index (χ0v) is 13.1. The Morgan fingerprint density at radius 3 is 2.68 bits per heavy atom. The van der Waals surface area contributed by atoms with Crippen LogP contribution in [-0.2, 0) is 21.8 Å². The SMILES string of the molecule is C=CC(C)NS(=O)(=O)c1nn(C)c(C(=O)OC)c1Br. The minimum Gasteiger partial charge on any atom is -0.464 e. The molecule has 0 radical (unpaired) electrons. The largest absolute Gasteiger partial charge is 0.464 e. The molecule has 0 aliphatic carbocycles. The lowest BCUT2D eigenvalue weighted by molar-refractivity contribution is 0.0587. The number of carbonyl (C=O) groups excluding carboxylic acids is 1. The summed E-state index contributed by atoms with van der Waals surface area (Å²) in [6.45, 7) is 5.11. The number of hydrogen-bond acceptors (Lipinski definition) is 5. The van der Waals surface area contributed by atoms with Crippen LogP contribution in [0.5, 0.6) is 0 Å². The summed E-state index contributed by atoms with van der Waals surface area (Å²) in [4.78, 5) is 11.5. The van der Waals surface area contributed by atoms with Crippen molar-refractivity contribution in [2.45, 2.75) is 18.0 Å². The van der Waals surface area contributed by atoms with Crippen LogP contribution in [0, 0.1) is 0 Å². The van der Waals surface area contributed by atoms with Crippen LogP contribution in [0.3, 0.4) is 0 Å². The summed E-state index contributed by atoms with van der Waals surface area (Å²) < 4.78 is 32.3. The van der Waals surface area contributed by atoms with E-state index >= 15 is 0 Å². The number of nitrogens with zero attached hydrogens (tertiary/aromatic N) is 2. The quantitative estimate of drug-likeness (QED) is 0.626. The summed E-state index contributed by atoms with van der Waals surface area (Å²) in [6, 6.07) is -0.458. The van der Waals surface area contributed by atoms with E-state index in [4.69, 9.17) is 0 Å². The first-order chi connectivity index (χ1) is 8.74. The van der Waals surface area contributed by atoms with Crippen LogP contribution in [0.25, 0.3) is 0 Å². The monoisotopic (exact) mass is 351 g/mol. The summed E-state index contributed by atoms with van der Waals surface area (Å²) >= 11 is 3.06. The lowest BCUT2D eigenvalue weighted by Gasteiger charge is -2.08. The average molecular weight is 352 g/mol. The van der Waals surface area contributed by atoms with E-state index in [1.165, 1.54) is 20.2 Å². The number of halogens is 1. The van der Waals surface area contributed by atoms with Gasteiger partial charge < -0.3 is 4.74 Å². The highest BCUT2D eigenvalue weighted by molar-refractivity contribution is 9.10. The Morgan fingerprint density at radius 2 is 2.21 bits per heavy atom. The highest BCUT2D eigenvalue weighted by Crippen LogP contribution is 2.25. The van der Waals surface area contributed by atoms with Crippen LogP contribution in [0.1, 0.15) is 17.4 Å². The summed E-state index contributed by atoms with van der Waals surface area (Å²) in [6.07, 6.45) is 1.44. The molecule has 0 aliphatic heterocycles.